The maximum atomic E-state index is 6.11. The molecule has 20 heavy (non-hydrogen) atoms. The van der Waals surface area contributed by atoms with Crippen molar-refractivity contribution in [2.45, 2.75) is 32.8 Å². The molecule has 3 aromatic rings. The van der Waals surface area contributed by atoms with Crippen LogP contribution in [0.4, 0.5) is 5.69 Å². The van der Waals surface area contributed by atoms with E-state index in [0.29, 0.717) is 6.61 Å². The number of fused-ring (bicyclic) bond motifs is 3. The third kappa shape index (κ3) is 2.07. The highest BCUT2D eigenvalue weighted by Gasteiger charge is 2.19. The largest absolute Gasteiger partial charge is 0.398 e. The van der Waals surface area contributed by atoms with Gasteiger partial charge >= 0.3 is 0 Å². The summed E-state index contributed by atoms with van der Waals surface area (Å²) in [6, 6.07) is 4.12. The number of anilines is 1. The summed E-state index contributed by atoms with van der Waals surface area (Å²) in [6.07, 6.45) is 2.11. The standard InChI is InChI=1S/C15H19N3OS/c1-15(2,3)13-7-18-11-6-10(16)9(8-19-4)5-12(11)20-14(18)17-13/h5-7H,8,16H2,1-4H3. The topological polar surface area (TPSA) is 52.5 Å². The molecule has 1 aromatic carbocycles. The number of nitrogens with two attached hydrogens (primary N) is 1. The lowest BCUT2D eigenvalue weighted by atomic mass is 9.93. The minimum atomic E-state index is 0.0552. The average molecular weight is 289 g/mol. The van der Waals surface area contributed by atoms with Crippen molar-refractivity contribution in [3.05, 3.63) is 29.6 Å². The maximum Gasteiger partial charge on any atom is 0.194 e. The number of hydrogen-bond donors (Lipinski definition) is 1. The minimum absolute atomic E-state index is 0.0552. The Morgan fingerprint density at radius 1 is 1.35 bits per heavy atom. The zero-order valence-corrected chi connectivity index (χ0v) is 13.0. The van der Waals surface area contributed by atoms with Crippen molar-refractivity contribution in [2.24, 2.45) is 0 Å². The molecule has 0 aliphatic heterocycles. The van der Waals surface area contributed by atoms with E-state index in [1.54, 1.807) is 18.4 Å². The first-order valence-electron chi connectivity index (χ1n) is 6.59. The molecule has 0 atom stereocenters. The molecule has 2 N–H and O–H groups in total. The van der Waals surface area contributed by atoms with Gasteiger partial charge < -0.3 is 10.5 Å². The second kappa shape index (κ2) is 4.46. The van der Waals surface area contributed by atoms with Crippen LogP contribution in [-0.4, -0.2) is 16.5 Å². The number of methoxy groups -OCH3 is 1. The van der Waals surface area contributed by atoms with Crippen molar-refractivity contribution in [3.63, 3.8) is 0 Å². The predicted octanol–water partition coefficient (Wildman–Crippen LogP) is 3.58. The number of ether oxygens (including phenoxy) is 1. The molecule has 106 valence electrons. The van der Waals surface area contributed by atoms with Crippen LogP contribution in [0.2, 0.25) is 0 Å². The fraction of sp³-hybridized carbons (Fsp3) is 0.400. The Hall–Kier alpha value is -1.59. The average Bonchev–Trinajstić information content (AvgIpc) is 2.88. The lowest BCUT2D eigenvalue weighted by Gasteiger charge is -2.13. The van der Waals surface area contributed by atoms with Gasteiger partial charge in [-0.05, 0) is 12.1 Å². The Labute approximate surface area is 122 Å². The van der Waals surface area contributed by atoms with E-state index in [9.17, 15) is 0 Å². The Balaban J connectivity index is 2.22. The molecule has 0 aliphatic rings. The minimum Gasteiger partial charge on any atom is -0.398 e. The highest BCUT2D eigenvalue weighted by Crippen LogP contribution is 2.32. The number of benzene rings is 1. The van der Waals surface area contributed by atoms with Gasteiger partial charge in [-0.15, -0.1) is 0 Å². The lowest BCUT2D eigenvalue weighted by molar-refractivity contribution is 0.185. The molecule has 3 rings (SSSR count). The van der Waals surface area contributed by atoms with E-state index in [-0.39, 0.29) is 5.41 Å². The normalized spacial score (nSPS) is 12.6. The Kier molecular flexibility index (Phi) is 2.99. The van der Waals surface area contributed by atoms with Crippen LogP contribution in [0.3, 0.4) is 0 Å². The second-order valence-corrected chi connectivity index (χ2v) is 7.09. The molecule has 0 radical (unpaired) electrons. The maximum absolute atomic E-state index is 6.11. The van der Waals surface area contributed by atoms with Gasteiger partial charge in [-0.3, -0.25) is 4.40 Å². The molecule has 0 unspecified atom stereocenters. The third-order valence-electron chi connectivity index (χ3n) is 3.42. The molecular formula is C15H19N3OS. The van der Waals surface area contributed by atoms with Crippen LogP contribution in [0.15, 0.2) is 18.3 Å². The first-order chi connectivity index (χ1) is 9.40. The summed E-state index contributed by atoms with van der Waals surface area (Å²) in [5.41, 5.74) is 10.2. The predicted molar refractivity (Wildman–Crippen MR) is 84.4 cm³/mol. The van der Waals surface area contributed by atoms with Gasteiger partial charge in [-0.2, -0.15) is 0 Å². The summed E-state index contributed by atoms with van der Waals surface area (Å²) in [5, 5.41) is 0. The quantitative estimate of drug-likeness (QED) is 0.734. The number of nitrogen functional groups attached to an aromatic ring is 1. The number of imidazole rings is 1. The zero-order chi connectivity index (χ0) is 14.5. The molecule has 0 spiro atoms. The van der Waals surface area contributed by atoms with Crippen LogP contribution in [0.25, 0.3) is 15.2 Å². The SMILES string of the molecule is COCc1cc2sc3nc(C(C)(C)C)cn3c2cc1N. The van der Waals surface area contributed by atoms with Gasteiger partial charge in [0, 0.05) is 30.0 Å². The van der Waals surface area contributed by atoms with E-state index >= 15 is 0 Å². The van der Waals surface area contributed by atoms with Gasteiger partial charge in [0.05, 0.1) is 22.5 Å². The molecule has 0 amide bonds. The van der Waals surface area contributed by atoms with Crippen molar-refractivity contribution in [1.29, 1.82) is 0 Å². The molecule has 0 saturated carbocycles. The summed E-state index contributed by atoms with van der Waals surface area (Å²) < 4.78 is 8.50. The molecule has 2 heterocycles. The smallest absolute Gasteiger partial charge is 0.194 e. The van der Waals surface area contributed by atoms with E-state index in [1.807, 2.05) is 6.07 Å². The number of rotatable bonds is 2. The van der Waals surface area contributed by atoms with E-state index in [2.05, 4.69) is 37.4 Å². The summed E-state index contributed by atoms with van der Waals surface area (Å²) >= 11 is 1.69. The molecule has 0 bridgehead atoms. The van der Waals surface area contributed by atoms with Gasteiger partial charge in [0.1, 0.15) is 0 Å². The number of nitrogens with zero attached hydrogens (tertiary/aromatic N) is 2. The van der Waals surface area contributed by atoms with Crippen LogP contribution >= 0.6 is 11.3 Å². The van der Waals surface area contributed by atoms with Crippen LogP contribution in [0.5, 0.6) is 0 Å². The van der Waals surface area contributed by atoms with Crippen LogP contribution in [0.1, 0.15) is 32.0 Å². The van der Waals surface area contributed by atoms with Crippen molar-refractivity contribution in [1.82, 2.24) is 9.38 Å². The van der Waals surface area contributed by atoms with E-state index in [4.69, 9.17) is 15.5 Å². The Bertz CT molecular complexity index is 780. The van der Waals surface area contributed by atoms with E-state index in [1.165, 1.54) is 4.70 Å². The van der Waals surface area contributed by atoms with Gasteiger partial charge in [0.2, 0.25) is 0 Å². The summed E-state index contributed by atoms with van der Waals surface area (Å²) in [6.45, 7) is 7.06. The summed E-state index contributed by atoms with van der Waals surface area (Å²) in [4.78, 5) is 5.75. The first kappa shape index (κ1) is 13.4. The number of thiazole rings is 1. The number of aromatic nitrogens is 2. The Morgan fingerprint density at radius 3 is 2.75 bits per heavy atom. The molecule has 4 nitrogen and oxygen atoms in total. The molecule has 2 aromatic heterocycles. The lowest BCUT2D eigenvalue weighted by Crippen LogP contribution is -2.11. The van der Waals surface area contributed by atoms with Gasteiger partial charge in [-0.1, -0.05) is 32.1 Å². The van der Waals surface area contributed by atoms with Crippen molar-refractivity contribution in [2.75, 3.05) is 12.8 Å². The van der Waals surface area contributed by atoms with Gasteiger partial charge in [0.15, 0.2) is 4.96 Å². The monoisotopic (exact) mass is 289 g/mol. The first-order valence-corrected chi connectivity index (χ1v) is 7.41. The van der Waals surface area contributed by atoms with Crippen molar-refractivity contribution in [3.8, 4) is 0 Å². The second-order valence-electron chi connectivity index (χ2n) is 6.08. The summed E-state index contributed by atoms with van der Waals surface area (Å²) in [7, 11) is 1.68. The van der Waals surface area contributed by atoms with E-state index in [0.717, 1.165) is 27.4 Å². The van der Waals surface area contributed by atoms with Crippen LogP contribution in [-0.2, 0) is 16.8 Å². The molecule has 0 saturated heterocycles. The molecule has 0 fully saturated rings. The van der Waals surface area contributed by atoms with Crippen LogP contribution < -0.4 is 5.73 Å². The van der Waals surface area contributed by atoms with Gasteiger partial charge in [-0.25, -0.2) is 4.98 Å². The fourth-order valence-electron chi connectivity index (χ4n) is 2.24. The van der Waals surface area contributed by atoms with Crippen molar-refractivity contribution >= 4 is 32.2 Å². The fourth-order valence-corrected chi connectivity index (χ4v) is 3.30. The molecule has 5 heteroatoms. The van der Waals surface area contributed by atoms with Crippen molar-refractivity contribution < 1.29 is 4.74 Å². The zero-order valence-electron chi connectivity index (χ0n) is 12.2. The third-order valence-corrected chi connectivity index (χ3v) is 4.44. The molecule has 0 aliphatic carbocycles. The Morgan fingerprint density at radius 2 is 2.10 bits per heavy atom. The van der Waals surface area contributed by atoms with Crippen LogP contribution in [0, 0.1) is 0 Å². The van der Waals surface area contributed by atoms with E-state index < -0.39 is 0 Å². The highest BCUT2D eigenvalue weighted by molar-refractivity contribution is 7.23. The summed E-state index contributed by atoms with van der Waals surface area (Å²) in [5.74, 6) is 0. The highest BCUT2D eigenvalue weighted by atomic mass is 32.1. The van der Waals surface area contributed by atoms with Gasteiger partial charge in [0.25, 0.3) is 0 Å². The number of hydrogen-bond acceptors (Lipinski definition) is 4. The molecular weight excluding hydrogens is 270 g/mol.